The molecule has 1 atom stereocenters. The second kappa shape index (κ2) is 10.8. The molecule has 1 aromatic heterocycles. The van der Waals surface area contributed by atoms with Crippen LogP contribution in [0.4, 0.5) is 4.79 Å². The van der Waals surface area contributed by atoms with E-state index in [0.717, 1.165) is 26.8 Å². The van der Waals surface area contributed by atoms with Crippen LogP contribution in [-0.2, 0) is 17.6 Å². The third-order valence-electron chi connectivity index (χ3n) is 5.71. The molecular formula is C27H26N5O4. The van der Waals surface area contributed by atoms with E-state index in [1.165, 1.54) is 11.3 Å². The molecule has 0 spiro atoms. The molecule has 0 aliphatic rings. The molecule has 2 N–H and O–H groups in total. The SMILES string of the molecule is CN(C)C(=O)c1noc(C(Cc2ccccc2)N(C(N)=O)C(=O)[CH]Cc2ccc3ccccc3c2)n1. The molecule has 9 heteroatoms. The van der Waals surface area contributed by atoms with Crippen LogP contribution in [0.5, 0.6) is 0 Å². The van der Waals surface area contributed by atoms with Crippen molar-refractivity contribution < 1.29 is 18.9 Å². The molecule has 9 nitrogen and oxygen atoms in total. The maximum atomic E-state index is 13.3. The number of rotatable bonds is 8. The van der Waals surface area contributed by atoms with Gasteiger partial charge in [0.05, 0.1) is 6.42 Å². The van der Waals surface area contributed by atoms with Crippen LogP contribution in [0.25, 0.3) is 10.8 Å². The number of benzene rings is 3. The van der Waals surface area contributed by atoms with E-state index in [0.29, 0.717) is 6.42 Å². The minimum absolute atomic E-state index is 0.0599. The van der Waals surface area contributed by atoms with Crippen molar-refractivity contribution in [3.05, 3.63) is 102 Å². The molecule has 1 radical (unpaired) electrons. The first-order valence-electron chi connectivity index (χ1n) is 11.4. The van der Waals surface area contributed by atoms with Gasteiger partial charge in [-0.25, -0.2) is 4.79 Å². The molecule has 0 aliphatic carbocycles. The van der Waals surface area contributed by atoms with Crippen LogP contribution in [0.2, 0.25) is 0 Å². The van der Waals surface area contributed by atoms with Gasteiger partial charge in [-0.15, -0.1) is 0 Å². The maximum absolute atomic E-state index is 13.3. The van der Waals surface area contributed by atoms with Crippen LogP contribution in [0.1, 0.15) is 33.7 Å². The van der Waals surface area contributed by atoms with Crippen molar-refractivity contribution in [1.29, 1.82) is 0 Å². The predicted octanol–water partition coefficient (Wildman–Crippen LogP) is 3.56. The van der Waals surface area contributed by atoms with E-state index in [-0.39, 0.29) is 18.1 Å². The quantitative estimate of drug-likeness (QED) is 0.408. The molecule has 1 unspecified atom stereocenters. The Labute approximate surface area is 208 Å². The van der Waals surface area contributed by atoms with E-state index in [4.69, 9.17) is 10.3 Å². The van der Waals surface area contributed by atoms with Gasteiger partial charge in [-0.05, 0) is 28.3 Å². The van der Waals surface area contributed by atoms with Gasteiger partial charge in [-0.3, -0.25) is 14.5 Å². The highest BCUT2D eigenvalue weighted by Crippen LogP contribution is 2.26. The lowest BCUT2D eigenvalue weighted by molar-refractivity contribution is -0.127. The number of primary amides is 1. The minimum Gasteiger partial charge on any atom is -0.351 e. The molecule has 183 valence electrons. The van der Waals surface area contributed by atoms with E-state index < -0.39 is 23.9 Å². The Kier molecular flexibility index (Phi) is 7.39. The van der Waals surface area contributed by atoms with E-state index in [1.807, 2.05) is 72.8 Å². The molecule has 0 fully saturated rings. The molecule has 0 saturated heterocycles. The normalized spacial score (nSPS) is 11.7. The number of carbonyl (C=O) groups is 3. The van der Waals surface area contributed by atoms with Gasteiger partial charge in [-0.2, -0.15) is 4.98 Å². The first kappa shape index (κ1) is 24.6. The molecule has 0 saturated carbocycles. The molecule has 36 heavy (non-hydrogen) atoms. The topological polar surface area (TPSA) is 123 Å². The fraction of sp³-hybridized carbons (Fsp3) is 0.185. The van der Waals surface area contributed by atoms with Crippen molar-refractivity contribution in [2.45, 2.75) is 18.9 Å². The number of fused-ring (bicyclic) bond motifs is 1. The summed E-state index contributed by atoms with van der Waals surface area (Å²) < 4.78 is 5.34. The van der Waals surface area contributed by atoms with Crippen molar-refractivity contribution >= 4 is 28.6 Å². The Morgan fingerprint density at radius 3 is 2.33 bits per heavy atom. The van der Waals surface area contributed by atoms with Gasteiger partial charge >= 0.3 is 6.03 Å². The number of urea groups is 1. The van der Waals surface area contributed by atoms with Crippen molar-refractivity contribution in [3.63, 3.8) is 0 Å². The first-order valence-corrected chi connectivity index (χ1v) is 11.4. The number of carbonyl (C=O) groups excluding carboxylic acids is 3. The number of aromatic nitrogens is 2. The molecular weight excluding hydrogens is 458 g/mol. The molecule has 0 aliphatic heterocycles. The van der Waals surface area contributed by atoms with E-state index >= 15 is 0 Å². The van der Waals surface area contributed by atoms with Crippen LogP contribution in [0, 0.1) is 6.42 Å². The fourth-order valence-electron chi connectivity index (χ4n) is 3.87. The van der Waals surface area contributed by atoms with Gasteiger partial charge in [0, 0.05) is 20.5 Å². The predicted molar refractivity (Wildman–Crippen MR) is 134 cm³/mol. The highest BCUT2D eigenvalue weighted by Gasteiger charge is 2.34. The summed E-state index contributed by atoms with van der Waals surface area (Å²) in [6, 6.07) is 21.1. The zero-order chi connectivity index (χ0) is 25.7. The smallest absolute Gasteiger partial charge is 0.322 e. The summed E-state index contributed by atoms with van der Waals surface area (Å²) in [5.41, 5.74) is 7.39. The third-order valence-corrected chi connectivity index (χ3v) is 5.71. The van der Waals surface area contributed by atoms with E-state index in [9.17, 15) is 14.4 Å². The van der Waals surface area contributed by atoms with Crippen molar-refractivity contribution in [2.24, 2.45) is 5.73 Å². The van der Waals surface area contributed by atoms with Gasteiger partial charge in [0.25, 0.3) is 17.6 Å². The third kappa shape index (κ3) is 5.57. The Morgan fingerprint density at radius 1 is 0.944 bits per heavy atom. The molecule has 4 rings (SSSR count). The summed E-state index contributed by atoms with van der Waals surface area (Å²) in [5.74, 6) is -1.31. The lowest BCUT2D eigenvalue weighted by Gasteiger charge is -2.26. The van der Waals surface area contributed by atoms with Crippen LogP contribution in [0.3, 0.4) is 0 Å². The summed E-state index contributed by atoms with van der Waals surface area (Å²) in [6.45, 7) is 0. The lowest BCUT2D eigenvalue weighted by Crippen LogP contribution is -2.44. The summed E-state index contributed by atoms with van der Waals surface area (Å²) >= 11 is 0. The van der Waals surface area contributed by atoms with Crippen molar-refractivity contribution in [2.75, 3.05) is 14.1 Å². The van der Waals surface area contributed by atoms with Gasteiger partial charge in [0.15, 0.2) is 0 Å². The summed E-state index contributed by atoms with van der Waals surface area (Å²) in [5, 5.41) is 5.89. The Bertz CT molecular complexity index is 1380. The molecule has 3 aromatic carbocycles. The highest BCUT2D eigenvalue weighted by atomic mass is 16.5. The second-order valence-corrected chi connectivity index (χ2v) is 8.50. The Morgan fingerprint density at radius 2 is 1.64 bits per heavy atom. The second-order valence-electron chi connectivity index (χ2n) is 8.50. The zero-order valence-corrected chi connectivity index (χ0v) is 20.0. The van der Waals surface area contributed by atoms with E-state index in [1.54, 1.807) is 14.1 Å². The monoisotopic (exact) mass is 484 g/mol. The average molecular weight is 485 g/mol. The standard InChI is InChI=1S/C27H26N5O4/c1-31(2)26(34)24-29-25(36-30-24)22(17-18-8-4-3-5-9-18)32(27(28)35)23(33)15-13-19-12-14-20-10-6-7-11-21(20)16-19/h3-12,14-16,22H,13,17H2,1-2H3,(H2,28,35). The highest BCUT2D eigenvalue weighted by molar-refractivity contribution is 5.99. The van der Waals surface area contributed by atoms with Crippen LogP contribution in [0.15, 0.2) is 77.3 Å². The maximum Gasteiger partial charge on any atom is 0.322 e. The number of nitrogens with two attached hydrogens (primary N) is 1. The first-order chi connectivity index (χ1) is 17.3. The lowest BCUT2D eigenvalue weighted by atomic mass is 10.0. The van der Waals surface area contributed by atoms with Gasteiger partial charge in [0.2, 0.25) is 5.91 Å². The summed E-state index contributed by atoms with van der Waals surface area (Å²) in [7, 11) is 3.11. The molecule has 4 aromatic rings. The molecule has 4 amide bonds. The average Bonchev–Trinajstić information content (AvgIpc) is 3.37. The Hall–Kier alpha value is -4.53. The van der Waals surface area contributed by atoms with E-state index in [2.05, 4.69) is 10.1 Å². The number of imide groups is 1. The number of amides is 4. The largest absolute Gasteiger partial charge is 0.351 e. The number of hydrogen-bond acceptors (Lipinski definition) is 6. The van der Waals surface area contributed by atoms with Crippen LogP contribution < -0.4 is 5.73 Å². The summed E-state index contributed by atoms with van der Waals surface area (Å²) in [4.78, 5) is 44.5. The number of hydrogen-bond donors (Lipinski definition) is 1. The fourth-order valence-corrected chi connectivity index (χ4v) is 3.87. The Balaban J connectivity index is 1.60. The van der Waals surface area contributed by atoms with Crippen LogP contribution >= 0.6 is 0 Å². The zero-order valence-electron chi connectivity index (χ0n) is 20.0. The van der Waals surface area contributed by atoms with Crippen molar-refractivity contribution in [1.82, 2.24) is 19.9 Å². The van der Waals surface area contributed by atoms with Gasteiger partial charge in [-0.1, -0.05) is 78.0 Å². The van der Waals surface area contributed by atoms with Crippen LogP contribution in [-0.4, -0.2) is 51.9 Å². The van der Waals surface area contributed by atoms with Crippen molar-refractivity contribution in [3.8, 4) is 0 Å². The molecule has 0 bridgehead atoms. The number of nitrogens with zero attached hydrogens (tertiary/aromatic N) is 4. The van der Waals surface area contributed by atoms with Gasteiger partial charge in [0.1, 0.15) is 6.04 Å². The summed E-state index contributed by atoms with van der Waals surface area (Å²) in [6.07, 6.45) is 1.87. The van der Waals surface area contributed by atoms with Gasteiger partial charge < -0.3 is 15.2 Å². The minimum atomic E-state index is -0.999. The molecule has 1 heterocycles.